The summed E-state index contributed by atoms with van der Waals surface area (Å²) in [5, 5.41) is 5.21. The highest BCUT2D eigenvalue weighted by Crippen LogP contribution is 2.26. The zero-order valence-corrected chi connectivity index (χ0v) is 13.7. The molecule has 2 heterocycles. The number of nitrogens with zero attached hydrogens (tertiary/aromatic N) is 3. The number of hydrogen-bond acceptors (Lipinski definition) is 6. The van der Waals surface area contributed by atoms with Gasteiger partial charge in [0.25, 0.3) is 5.56 Å². The van der Waals surface area contributed by atoms with Gasteiger partial charge < -0.3 is 5.73 Å². The van der Waals surface area contributed by atoms with Crippen LogP contribution in [0.2, 0.25) is 0 Å². The van der Waals surface area contributed by atoms with Crippen LogP contribution < -0.4 is 11.3 Å². The molecule has 0 spiro atoms. The molecule has 25 heavy (non-hydrogen) atoms. The third-order valence-electron chi connectivity index (χ3n) is 3.70. The highest BCUT2D eigenvalue weighted by atomic mass is 32.1. The van der Waals surface area contributed by atoms with Crippen molar-refractivity contribution in [1.29, 1.82) is 0 Å². The smallest absolute Gasteiger partial charge is 0.283 e. The van der Waals surface area contributed by atoms with E-state index in [-0.39, 0.29) is 17.2 Å². The molecule has 122 valence electrons. The van der Waals surface area contributed by atoms with Gasteiger partial charge in [-0.2, -0.15) is 14.6 Å². The lowest BCUT2D eigenvalue weighted by Gasteiger charge is -2.03. The van der Waals surface area contributed by atoms with Crippen LogP contribution in [0.1, 0.15) is 5.56 Å². The number of benzene rings is 1. The Balaban J connectivity index is 1.86. The van der Waals surface area contributed by atoms with E-state index in [1.807, 2.05) is 30.3 Å². The maximum atomic E-state index is 12.4. The van der Waals surface area contributed by atoms with Crippen LogP contribution in [0.5, 0.6) is 0 Å². The van der Waals surface area contributed by atoms with E-state index in [4.69, 9.17) is 5.73 Å². The molecule has 1 aromatic carbocycles. The van der Waals surface area contributed by atoms with E-state index in [0.717, 1.165) is 10.6 Å². The molecule has 0 saturated heterocycles. The zero-order chi connectivity index (χ0) is 17.4. The van der Waals surface area contributed by atoms with Crippen molar-refractivity contribution in [2.75, 3.05) is 5.73 Å². The Kier molecular flexibility index (Phi) is 3.62. The number of allylic oxidation sites excluding steroid dienone is 5. The van der Waals surface area contributed by atoms with Crippen LogP contribution in [-0.2, 0) is 4.79 Å². The molecule has 0 amide bonds. The number of anilines is 1. The van der Waals surface area contributed by atoms with Crippen LogP contribution in [0.3, 0.4) is 0 Å². The maximum Gasteiger partial charge on any atom is 0.283 e. The second kappa shape index (κ2) is 5.95. The molecule has 0 bridgehead atoms. The van der Waals surface area contributed by atoms with Gasteiger partial charge in [0.1, 0.15) is 10.8 Å². The van der Waals surface area contributed by atoms with Gasteiger partial charge in [0, 0.05) is 5.56 Å². The summed E-state index contributed by atoms with van der Waals surface area (Å²) in [7, 11) is 0. The van der Waals surface area contributed by atoms with Crippen molar-refractivity contribution in [2.24, 2.45) is 0 Å². The standard InChI is InChI=1S/C18H12N4O2S/c19-15-14(10-11-6-8-13(23)9-7-11)16(24)20-18-22(15)21-17(25-18)12-4-2-1-3-5-12/h1-10H,19H2. The van der Waals surface area contributed by atoms with Crippen molar-refractivity contribution in [3.8, 4) is 10.6 Å². The average Bonchev–Trinajstić information content (AvgIpc) is 3.05. The van der Waals surface area contributed by atoms with Gasteiger partial charge in [0.2, 0.25) is 4.96 Å². The number of ketones is 1. The Morgan fingerprint density at radius 2 is 1.76 bits per heavy atom. The first-order valence-corrected chi connectivity index (χ1v) is 8.30. The van der Waals surface area contributed by atoms with E-state index in [2.05, 4.69) is 10.1 Å². The minimum atomic E-state index is -0.424. The van der Waals surface area contributed by atoms with Gasteiger partial charge in [-0.05, 0) is 23.8 Å². The quantitative estimate of drug-likeness (QED) is 0.768. The molecular weight excluding hydrogens is 336 g/mol. The molecule has 7 heteroatoms. The van der Waals surface area contributed by atoms with Crippen molar-refractivity contribution in [3.63, 3.8) is 0 Å². The average molecular weight is 348 g/mol. The third-order valence-corrected chi connectivity index (χ3v) is 4.66. The molecule has 0 fully saturated rings. The maximum absolute atomic E-state index is 12.4. The molecule has 6 nitrogen and oxygen atoms in total. The number of carbonyl (C=O) groups is 1. The second-order valence-electron chi connectivity index (χ2n) is 5.40. The van der Waals surface area contributed by atoms with E-state index in [1.54, 1.807) is 18.2 Å². The van der Waals surface area contributed by atoms with E-state index in [1.165, 1.54) is 28.0 Å². The summed E-state index contributed by atoms with van der Waals surface area (Å²) in [6.45, 7) is 0. The number of carbonyl (C=O) groups excluding carboxylic acids is 1. The molecule has 3 aromatic rings. The Morgan fingerprint density at radius 3 is 2.48 bits per heavy atom. The highest BCUT2D eigenvalue weighted by Gasteiger charge is 2.14. The summed E-state index contributed by atoms with van der Waals surface area (Å²) < 4.78 is 1.47. The highest BCUT2D eigenvalue weighted by molar-refractivity contribution is 7.19. The molecule has 0 radical (unpaired) electrons. The molecular formula is C18H12N4O2S. The van der Waals surface area contributed by atoms with E-state index in [0.29, 0.717) is 10.5 Å². The minimum Gasteiger partial charge on any atom is -0.383 e. The summed E-state index contributed by atoms with van der Waals surface area (Å²) in [6.07, 6.45) is 7.74. The van der Waals surface area contributed by atoms with Crippen LogP contribution in [-0.4, -0.2) is 20.4 Å². The first-order valence-electron chi connectivity index (χ1n) is 7.48. The normalized spacial score (nSPS) is 13.6. The van der Waals surface area contributed by atoms with Gasteiger partial charge in [-0.15, -0.1) is 0 Å². The van der Waals surface area contributed by atoms with E-state index in [9.17, 15) is 9.59 Å². The molecule has 0 unspecified atom stereocenters. The molecule has 0 atom stereocenters. The zero-order valence-electron chi connectivity index (χ0n) is 12.9. The fourth-order valence-corrected chi connectivity index (χ4v) is 3.35. The predicted octanol–water partition coefficient (Wildman–Crippen LogP) is 2.48. The monoisotopic (exact) mass is 348 g/mol. The molecule has 1 aliphatic rings. The van der Waals surface area contributed by atoms with Gasteiger partial charge in [-0.3, -0.25) is 9.59 Å². The van der Waals surface area contributed by atoms with Crippen LogP contribution in [0.25, 0.3) is 21.6 Å². The summed E-state index contributed by atoms with van der Waals surface area (Å²) >= 11 is 1.30. The van der Waals surface area contributed by atoms with Gasteiger partial charge in [0.15, 0.2) is 5.78 Å². The van der Waals surface area contributed by atoms with Crippen LogP contribution in [0, 0.1) is 0 Å². The van der Waals surface area contributed by atoms with Crippen molar-refractivity contribution >= 4 is 34.0 Å². The van der Waals surface area contributed by atoms with Gasteiger partial charge in [0.05, 0.1) is 5.56 Å². The number of rotatable bonds is 2. The molecule has 2 N–H and O–H groups in total. The third kappa shape index (κ3) is 2.81. The largest absolute Gasteiger partial charge is 0.383 e. The van der Waals surface area contributed by atoms with Crippen molar-refractivity contribution in [3.05, 3.63) is 76.1 Å². The summed E-state index contributed by atoms with van der Waals surface area (Å²) in [6, 6.07) is 9.63. The lowest BCUT2D eigenvalue weighted by atomic mass is 10.1. The molecule has 0 saturated carbocycles. The SMILES string of the molecule is Nc1c(C=C2C=CC(=O)C=C2)c(=O)nc2sc(-c3ccccc3)nn12. The van der Waals surface area contributed by atoms with E-state index < -0.39 is 5.56 Å². The van der Waals surface area contributed by atoms with E-state index >= 15 is 0 Å². The molecule has 1 aliphatic carbocycles. The van der Waals surface area contributed by atoms with Crippen LogP contribution >= 0.6 is 11.3 Å². The minimum absolute atomic E-state index is 0.0950. The Morgan fingerprint density at radius 1 is 1.04 bits per heavy atom. The topological polar surface area (TPSA) is 90.4 Å². The number of nitrogen functional groups attached to an aromatic ring is 1. The first-order chi connectivity index (χ1) is 12.1. The number of aromatic nitrogens is 3. The predicted molar refractivity (Wildman–Crippen MR) is 98.2 cm³/mol. The van der Waals surface area contributed by atoms with Gasteiger partial charge in [-0.25, -0.2) is 0 Å². The summed E-state index contributed by atoms with van der Waals surface area (Å²) in [5.74, 6) is 0.127. The summed E-state index contributed by atoms with van der Waals surface area (Å²) in [5.41, 5.74) is 7.62. The Labute approximate surface area is 146 Å². The fourth-order valence-electron chi connectivity index (χ4n) is 2.45. The second-order valence-corrected chi connectivity index (χ2v) is 6.35. The lowest BCUT2D eigenvalue weighted by Crippen LogP contribution is -2.16. The van der Waals surface area contributed by atoms with Crippen LogP contribution in [0.15, 0.2) is 65.0 Å². The molecule has 2 aromatic heterocycles. The number of fused-ring (bicyclic) bond motifs is 1. The Hall–Kier alpha value is -3.32. The summed E-state index contributed by atoms with van der Waals surface area (Å²) in [4.78, 5) is 28.1. The fraction of sp³-hybridized carbons (Fsp3) is 0. The van der Waals surface area contributed by atoms with Gasteiger partial charge in [-0.1, -0.05) is 53.8 Å². The first kappa shape index (κ1) is 15.2. The van der Waals surface area contributed by atoms with Crippen molar-refractivity contribution < 1.29 is 4.79 Å². The van der Waals surface area contributed by atoms with Crippen molar-refractivity contribution in [2.45, 2.75) is 0 Å². The Bertz CT molecular complexity index is 1120. The van der Waals surface area contributed by atoms with Gasteiger partial charge >= 0.3 is 0 Å². The van der Waals surface area contributed by atoms with Crippen molar-refractivity contribution in [1.82, 2.24) is 14.6 Å². The van der Waals surface area contributed by atoms with Crippen LogP contribution in [0.4, 0.5) is 5.82 Å². The molecule has 4 rings (SSSR count). The number of nitrogens with two attached hydrogens (primary N) is 1. The number of hydrogen-bond donors (Lipinski definition) is 1. The molecule has 0 aliphatic heterocycles. The lowest BCUT2D eigenvalue weighted by molar-refractivity contribution is -0.110.